The van der Waals surface area contributed by atoms with Crippen LogP contribution in [0.3, 0.4) is 0 Å². The molecule has 0 radical (unpaired) electrons. The van der Waals surface area contributed by atoms with Gasteiger partial charge in [-0.15, -0.1) is 11.8 Å². The molecule has 5 nitrogen and oxygen atoms in total. The van der Waals surface area contributed by atoms with Crippen molar-refractivity contribution in [1.82, 2.24) is 4.90 Å². The number of hydrogen-bond donors (Lipinski definition) is 1. The number of carbonyl (C=O) groups is 2. The van der Waals surface area contributed by atoms with Crippen LogP contribution in [0.4, 0.5) is 4.79 Å². The summed E-state index contributed by atoms with van der Waals surface area (Å²) in [6.45, 7) is 13.9. The third-order valence-corrected chi connectivity index (χ3v) is 7.03. The molecule has 0 aromatic heterocycles. The average Bonchev–Trinajstić information content (AvgIpc) is 3.00. The van der Waals surface area contributed by atoms with Gasteiger partial charge < -0.3 is 9.84 Å². The largest absolute Gasteiger partial charge is 0.481 e. The highest BCUT2D eigenvalue weighted by molar-refractivity contribution is 8.00. The van der Waals surface area contributed by atoms with E-state index in [1.807, 2.05) is 82.0 Å². The molecule has 1 heterocycles. The zero-order chi connectivity index (χ0) is 24.8. The van der Waals surface area contributed by atoms with E-state index in [0.29, 0.717) is 12.3 Å². The van der Waals surface area contributed by atoms with E-state index in [9.17, 15) is 14.7 Å². The van der Waals surface area contributed by atoms with Crippen LogP contribution in [0.2, 0.25) is 0 Å². The molecule has 1 aliphatic heterocycles. The smallest absolute Gasteiger partial charge is 0.411 e. The fourth-order valence-electron chi connectivity index (χ4n) is 3.77. The molecule has 1 fully saturated rings. The molecule has 1 amide bonds. The minimum atomic E-state index is -0.827. The highest BCUT2D eigenvalue weighted by Crippen LogP contribution is 2.40. The number of carboxylic acids is 1. The van der Waals surface area contributed by atoms with E-state index in [1.165, 1.54) is 0 Å². The number of aliphatic carboxylic acids is 1. The second-order valence-electron chi connectivity index (χ2n) is 10.4. The van der Waals surface area contributed by atoms with Gasteiger partial charge in [-0.2, -0.15) is 0 Å². The predicted molar refractivity (Wildman–Crippen MR) is 136 cm³/mol. The molecule has 0 aliphatic carbocycles. The highest BCUT2D eigenvalue weighted by atomic mass is 32.2. The number of carbonyl (C=O) groups excluding carboxylic acids is 1. The van der Waals surface area contributed by atoms with E-state index < -0.39 is 17.5 Å². The molecule has 0 bridgehead atoms. The topological polar surface area (TPSA) is 66.8 Å². The summed E-state index contributed by atoms with van der Waals surface area (Å²) in [4.78, 5) is 26.2. The Morgan fingerprint density at radius 1 is 1.18 bits per heavy atom. The van der Waals surface area contributed by atoms with Gasteiger partial charge in [-0.3, -0.25) is 9.69 Å². The maximum absolute atomic E-state index is 12.9. The number of nitrogens with zero attached hydrogens (tertiary/aromatic N) is 1. The van der Waals surface area contributed by atoms with Crippen molar-refractivity contribution >= 4 is 23.8 Å². The number of rotatable bonds is 8. The summed E-state index contributed by atoms with van der Waals surface area (Å²) in [7, 11) is 0. The first-order chi connectivity index (χ1) is 15.3. The first-order valence-electron chi connectivity index (χ1n) is 11.6. The van der Waals surface area contributed by atoms with Crippen molar-refractivity contribution in [3.05, 3.63) is 60.2 Å². The van der Waals surface area contributed by atoms with Crippen LogP contribution in [0.5, 0.6) is 0 Å². The Labute approximate surface area is 203 Å². The summed E-state index contributed by atoms with van der Waals surface area (Å²) in [6, 6.07) is 9.61. The van der Waals surface area contributed by atoms with E-state index in [1.54, 1.807) is 11.8 Å². The van der Waals surface area contributed by atoms with Crippen molar-refractivity contribution in [3.8, 4) is 0 Å². The maximum atomic E-state index is 12.9. The Bertz CT molecular complexity index is 855. The molecule has 182 valence electrons. The molecule has 1 aromatic carbocycles. The lowest BCUT2D eigenvalue weighted by Crippen LogP contribution is -2.48. The van der Waals surface area contributed by atoms with Crippen LogP contribution in [0, 0.1) is 17.8 Å². The molecule has 3 atom stereocenters. The molecular formula is C27H39NO4S. The SMILES string of the molecule is CC(C)[C@H](/C=C\[C@H](Cc1ccccc1)C(=O)O)/C=C/[C@@H]1CSC(C)(C)N1C(=O)OC(C)(C)C. The Morgan fingerprint density at radius 2 is 1.82 bits per heavy atom. The van der Waals surface area contributed by atoms with Crippen molar-refractivity contribution < 1.29 is 19.4 Å². The normalized spacial score (nSPS) is 20.5. The molecule has 2 rings (SSSR count). The van der Waals surface area contributed by atoms with Gasteiger partial charge in [0.1, 0.15) is 5.60 Å². The number of allylic oxidation sites excluding steroid dienone is 2. The Morgan fingerprint density at radius 3 is 2.36 bits per heavy atom. The Balaban J connectivity index is 2.17. The van der Waals surface area contributed by atoms with Crippen LogP contribution in [0.15, 0.2) is 54.6 Å². The summed E-state index contributed by atoms with van der Waals surface area (Å²) in [6.07, 6.45) is 8.14. The minimum absolute atomic E-state index is 0.0665. The molecule has 0 saturated carbocycles. The quantitative estimate of drug-likeness (QED) is 0.442. The van der Waals surface area contributed by atoms with Gasteiger partial charge in [-0.25, -0.2) is 4.79 Å². The molecule has 1 N–H and O–H groups in total. The van der Waals surface area contributed by atoms with E-state index >= 15 is 0 Å². The second-order valence-corrected chi connectivity index (χ2v) is 12.0. The number of hydrogen-bond acceptors (Lipinski definition) is 4. The molecule has 6 heteroatoms. The van der Waals surface area contributed by atoms with Crippen LogP contribution in [0.25, 0.3) is 0 Å². The average molecular weight is 474 g/mol. The molecule has 1 aromatic rings. The van der Waals surface area contributed by atoms with Crippen molar-refractivity contribution in [2.24, 2.45) is 17.8 Å². The van der Waals surface area contributed by atoms with Gasteiger partial charge in [0.15, 0.2) is 0 Å². The number of carboxylic acid groups (broad SMARTS) is 1. The third kappa shape index (κ3) is 8.26. The lowest BCUT2D eigenvalue weighted by atomic mass is 9.91. The number of thioether (sulfide) groups is 1. The lowest BCUT2D eigenvalue weighted by molar-refractivity contribution is -0.140. The number of ether oxygens (including phenoxy) is 1. The van der Waals surface area contributed by atoms with E-state index in [-0.39, 0.29) is 22.9 Å². The summed E-state index contributed by atoms with van der Waals surface area (Å²) in [5, 5.41) is 9.70. The first kappa shape index (κ1) is 27.0. The monoisotopic (exact) mass is 473 g/mol. The molecule has 1 aliphatic rings. The zero-order valence-corrected chi connectivity index (χ0v) is 21.8. The minimum Gasteiger partial charge on any atom is -0.481 e. The van der Waals surface area contributed by atoms with Gasteiger partial charge in [-0.1, -0.05) is 68.5 Å². The lowest BCUT2D eigenvalue weighted by Gasteiger charge is -2.35. The fourth-order valence-corrected chi connectivity index (χ4v) is 4.96. The first-order valence-corrected chi connectivity index (χ1v) is 12.6. The van der Waals surface area contributed by atoms with Gasteiger partial charge in [0, 0.05) is 5.75 Å². The fraction of sp³-hybridized carbons (Fsp3) is 0.556. The Kier molecular flexibility index (Phi) is 9.24. The third-order valence-electron chi connectivity index (χ3n) is 5.62. The number of benzene rings is 1. The van der Waals surface area contributed by atoms with Crippen molar-refractivity contribution in [1.29, 1.82) is 0 Å². The van der Waals surface area contributed by atoms with E-state index in [4.69, 9.17) is 4.74 Å². The summed E-state index contributed by atoms with van der Waals surface area (Å²) >= 11 is 1.73. The standard InChI is InChI=1S/C27H39NO4S/c1-19(2)21(13-14-22(24(29)30)17-20-11-9-8-10-12-20)15-16-23-18-33-27(6,7)28(23)25(31)32-26(3,4)5/h8-16,19,21-23H,17-18H2,1-7H3,(H,29,30)/b14-13-,16-15+/t21-,22-,23-/m1/s1. The molecular weight excluding hydrogens is 434 g/mol. The maximum Gasteiger partial charge on any atom is 0.411 e. The van der Waals surface area contributed by atoms with Gasteiger partial charge in [0.05, 0.1) is 16.8 Å². The van der Waals surface area contributed by atoms with Gasteiger partial charge in [-0.05, 0) is 58.4 Å². The molecule has 0 unspecified atom stereocenters. The zero-order valence-electron chi connectivity index (χ0n) is 20.9. The summed E-state index contributed by atoms with van der Waals surface area (Å²) in [5.41, 5.74) is 0.451. The molecule has 1 saturated heterocycles. The van der Waals surface area contributed by atoms with E-state index in [2.05, 4.69) is 26.0 Å². The van der Waals surface area contributed by atoms with Gasteiger partial charge in [0.2, 0.25) is 0 Å². The summed E-state index contributed by atoms with van der Waals surface area (Å²) < 4.78 is 5.66. The van der Waals surface area contributed by atoms with Crippen LogP contribution in [-0.4, -0.2) is 44.3 Å². The Hall–Kier alpha value is -2.21. The summed E-state index contributed by atoms with van der Waals surface area (Å²) in [5.74, 6) is -0.256. The highest BCUT2D eigenvalue weighted by Gasteiger charge is 2.44. The second kappa shape index (κ2) is 11.3. The van der Waals surface area contributed by atoms with Crippen LogP contribution >= 0.6 is 11.8 Å². The van der Waals surface area contributed by atoms with Crippen LogP contribution in [-0.2, 0) is 16.0 Å². The van der Waals surface area contributed by atoms with Crippen molar-refractivity contribution in [3.63, 3.8) is 0 Å². The predicted octanol–water partition coefficient (Wildman–Crippen LogP) is 6.40. The van der Waals surface area contributed by atoms with Gasteiger partial charge >= 0.3 is 12.1 Å². The van der Waals surface area contributed by atoms with Crippen molar-refractivity contribution in [2.75, 3.05) is 5.75 Å². The van der Waals surface area contributed by atoms with Crippen LogP contribution in [0.1, 0.15) is 54.0 Å². The molecule has 0 spiro atoms. The van der Waals surface area contributed by atoms with Gasteiger partial charge in [0.25, 0.3) is 0 Å². The number of amides is 1. The van der Waals surface area contributed by atoms with Crippen LogP contribution < -0.4 is 0 Å². The van der Waals surface area contributed by atoms with Crippen molar-refractivity contribution in [2.45, 2.75) is 71.4 Å². The molecule has 33 heavy (non-hydrogen) atoms. The van der Waals surface area contributed by atoms with E-state index in [0.717, 1.165) is 11.3 Å².